The van der Waals surface area contributed by atoms with Crippen molar-refractivity contribution in [1.82, 2.24) is 0 Å². The Morgan fingerprint density at radius 3 is 2.52 bits per heavy atom. The summed E-state index contributed by atoms with van der Waals surface area (Å²) in [5, 5.41) is 20.3. The molecule has 0 saturated carbocycles. The number of nitro groups is 1. The highest BCUT2D eigenvalue weighted by molar-refractivity contribution is 6.37. The molecule has 0 saturated heterocycles. The third kappa shape index (κ3) is 3.42. The predicted molar refractivity (Wildman–Crippen MR) is 77.3 cm³/mol. The number of rotatable bonds is 4. The predicted octanol–water partition coefficient (Wildman–Crippen LogP) is 4.12. The van der Waals surface area contributed by atoms with Crippen LogP contribution in [-0.4, -0.2) is 16.0 Å². The maximum atomic E-state index is 11.3. The summed E-state index contributed by atoms with van der Waals surface area (Å²) in [5.41, 5.74) is 0.0635. The van der Waals surface area contributed by atoms with Gasteiger partial charge in [-0.15, -0.1) is 0 Å². The van der Waals surface area contributed by atoms with Crippen LogP contribution in [0.4, 0.5) is 5.88 Å². The van der Waals surface area contributed by atoms with Crippen LogP contribution in [0.25, 0.3) is 11.6 Å². The van der Waals surface area contributed by atoms with Gasteiger partial charge in [-0.05, 0) is 24.3 Å². The molecule has 2 aromatic rings. The SMILES string of the molecule is O=C(O)C(=Cc1ccc([N+](=O)[O-])o1)c1ccc(Cl)cc1Cl. The lowest BCUT2D eigenvalue weighted by atomic mass is 10.1. The highest BCUT2D eigenvalue weighted by Crippen LogP contribution is 2.29. The molecule has 0 bridgehead atoms. The molecule has 0 unspecified atom stereocenters. The first-order valence-electron chi connectivity index (χ1n) is 5.53. The quantitative estimate of drug-likeness (QED) is 0.517. The number of halogens is 2. The van der Waals surface area contributed by atoms with E-state index in [1.54, 1.807) is 0 Å². The van der Waals surface area contributed by atoms with Gasteiger partial charge in [0.15, 0.2) is 0 Å². The summed E-state index contributed by atoms with van der Waals surface area (Å²) in [7, 11) is 0. The van der Waals surface area contributed by atoms with Gasteiger partial charge in [-0.25, -0.2) is 4.79 Å². The number of hydrogen-bond donors (Lipinski definition) is 1. The van der Waals surface area contributed by atoms with Gasteiger partial charge in [-0.3, -0.25) is 10.1 Å². The van der Waals surface area contributed by atoms with Gasteiger partial charge in [0, 0.05) is 10.6 Å². The Morgan fingerprint density at radius 1 is 1.29 bits per heavy atom. The summed E-state index contributed by atoms with van der Waals surface area (Å²) >= 11 is 11.7. The van der Waals surface area contributed by atoms with Crippen LogP contribution in [0, 0.1) is 10.1 Å². The molecule has 0 radical (unpaired) electrons. The van der Waals surface area contributed by atoms with E-state index in [9.17, 15) is 20.0 Å². The van der Waals surface area contributed by atoms with Gasteiger partial charge < -0.3 is 9.52 Å². The zero-order valence-corrected chi connectivity index (χ0v) is 11.8. The molecule has 6 nitrogen and oxygen atoms in total. The van der Waals surface area contributed by atoms with Crippen molar-refractivity contribution in [3.8, 4) is 0 Å². The molecule has 0 spiro atoms. The normalized spacial score (nSPS) is 11.4. The monoisotopic (exact) mass is 327 g/mol. The number of carbonyl (C=O) groups is 1. The Morgan fingerprint density at radius 2 is 2.00 bits per heavy atom. The minimum Gasteiger partial charge on any atom is -0.478 e. The molecule has 0 aliphatic heterocycles. The van der Waals surface area contributed by atoms with Gasteiger partial charge in [-0.2, -0.15) is 0 Å². The van der Waals surface area contributed by atoms with Crippen LogP contribution in [0.1, 0.15) is 11.3 Å². The number of nitrogens with zero attached hydrogens (tertiary/aromatic N) is 1. The fourth-order valence-electron chi connectivity index (χ4n) is 1.62. The van der Waals surface area contributed by atoms with Crippen LogP contribution >= 0.6 is 23.2 Å². The second kappa shape index (κ2) is 5.99. The smallest absolute Gasteiger partial charge is 0.433 e. The fraction of sp³-hybridized carbons (Fsp3) is 0. The maximum absolute atomic E-state index is 11.3. The van der Waals surface area contributed by atoms with Gasteiger partial charge in [0.2, 0.25) is 0 Å². The maximum Gasteiger partial charge on any atom is 0.433 e. The van der Waals surface area contributed by atoms with Gasteiger partial charge in [0.25, 0.3) is 0 Å². The molecule has 21 heavy (non-hydrogen) atoms. The summed E-state index contributed by atoms with van der Waals surface area (Å²) < 4.78 is 4.90. The van der Waals surface area contributed by atoms with Crippen molar-refractivity contribution in [3.63, 3.8) is 0 Å². The first kappa shape index (κ1) is 15.1. The summed E-state index contributed by atoms with van der Waals surface area (Å²) in [6.45, 7) is 0. The molecule has 1 aromatic heterocycles. The Hall–Kier alpha value is -2.31. The minimum absolute atomic E-state index is 0.0325. The molecular weight excluding hydrogens is 321 g/mol. The molecule has 0 atom stereocenters. The van der Waals surface area contributed by atoms with Crippen LogP contribution in [0.5, 0.6) is 0 Å². The number of furan rings is 1. The van der Waals surface area contributed by atoms with Crippen molar-refractivity contribution >= 4 is 46.7 Å². The molecule has 0 aliphatic carbocycles. The molecule has 0 aliphatic rings. The summed E-state index contributed by atoms with van der Waals surface area (Å²) in [6.07, 6.45) is 1.16. The number of carboxylic acids is 1. The van der Waals surface area contributed by atoms with E-state index in [1.807, 2.05) is 0 Å². The third-order valence-electron chi connectivity index (χ3n) is 2.53. The second-order valence-corrected chi connectivity index (χ2v) is 4.76. The zero-order chi connectivity index (χ0) is 15.6. The standard InChI is InChI=1S/C13H7Cl2NO5/c14-7-1-3-9(11(15)5-7)10(13(17)18)6-8-2-4-12(21-8)16(19)20/h1-6H,(H,17,18). The molecule has 108 valence electrons. The van der Waals surface area contributed by atoms with Crippen LogP contribution in [-0.2, 0) is 4.79 Å². The van der Waals surface area contributed by atoms with Crippen molar-refractivity contribution in [2.24, 2.45) is 0 Å². The number of benzene rings is 1. The summed E-state index contributed by atoms with van der Waals surface area (Å²) in [6, 6.07) is 6.77. The molecular formula is C13H7Cl2NO5. The van der Waals surface area contributed by atoms with Crippen molar-refractivity contribution in [1.29, 1.82) is 0 Å². The van der Waals surface area contributed by atoms with E-state index < -0.39 is 16.8 Å². The topological polar surface area (TPSA) is 93.6 Å². The highest BCUT2D eigenvalue weighted by atomic mass is 35.5. The van der Waals surface area contributed by atoms with E-state index in [0.717, 1.165) is 12.1 Å². The van der Waals surface area contributed by atoms with E-state index in [1.165, 1.54) is 24.3 Å². The lowest BCUT2D eigenvalue weighted by Crippen LogP contribution is -2.00. The van der Waals surface area contributed by atoms with E-state index in [-0.39, 0.29) is 21.9 Å². The molecule has 1 aromatic carbocycles. The summed E-state index contributed by atoms with van der Waals surface area (Å²) in [5.74, 6) is -1.70. The Balaban J connectivity index is 2.49. The number of hydrogen-bond acceptors (Lipinski definition) is 4. The zero-order valence-electron chi connectivity index (χ0n) is 10.2. The van der Waals surface area contributed by atoms with Crippen LogP contribution in [0.15, 0.2) is 34.7 Å². The van der Waals surface area contributed by atoms with Crippen molar-refractivity contribution in [3.05, 3.63) is 61.8 Å². The Labute approximate surface area is 128 Å². The highest BCUT2D eigenvalue weighted by Gasteiger charge is 2.17. The number of aliphatic carboxylic acids is 1. The van der Waals surface area contributed by atoms with E-state index in [2.05, 4.69) is 0 Å². The van der Waals surface area contributed by atoms with Gasteiger partial charge >= 0.3 is 11.9 Å². The first-order valence-corrected chi connectivity index (χ1v) is 6.28. The van der Waals surface area contributed by atoms with Crippen LogP contribution < -0.4 is 0 Å². The van der Waals surface area contributed by atoms with Crippen LogP contribution in [0.2, 0.25) is 10.0 Å². The Bertz CT molecular complexity index is 751. The van der Waals surface area contributed by atoms with Gasteiger partial charge in [-0.1, -0.05) is 29.3 Å². The van der Waals surface area contributed by atoms with Crippen molar-refractivity contribution in [2.45, 2.75) is 0 Å². The van der Waals surface area contributed by atoms with E-state index in [0.29, 0.717) is 5.02 Å². The molecule has 0 amide bonds. The average molecular weight is 328 g/mol. The average Bonchev–Trinajstić information content (AvgIpc) is 2.85. The number of carboxylic acid groups (broad SMARTS) is 1. The second-order valence-electron chi connectivity index (χ2n) is 3.92. The van der Waals surface area contributed by atoms with E-state index >= 15 is 0 Å². The summed E-state index contributed by atoms with van der Waals surface area (Å²) in [4.78, 5) is 21.2. The lowest BCUT2D eigenvalue weighted by Gasteiger charge is -2.05. The molecule has 0 fully saturated rings. The molecule has 1 N–H and O–H groups in total. The van der Waals surface area contributed by atoms with E-state index in [4.69, 9.17) is 27.6 Å². The third-order valence-corrected chi connectivity index (χ3v) is 3.08. The first-order chi connectivity index (χ1) is 9.88. The lowest BCUT2D eigenvalue weighted by molar-refractivity contribution is -0.402. The van der Waals surface area contributed by atoms with Gasteiger partial charge in [0.05, 0.1) is 16.7 Å². The van der Waals surface area contributed by atoms with Crippen LogP contribution in [0.3, 0.4) is 0 Å². The molecule has 1 heterocycles. The largest absolute Gasteiger partial charge is 0.478 e. The van der Waals surface area contributed by atoms with Gasteiger partial charge in [0.1, 0.15) is 10.7 Å². The molecule has 2 rings (SSSR count). The van der Waals surface area contributed by atoms with Crippen molar-refractivity contribution in [2.75, 3.05) is 0 Å². The van der Waals surface area contributed by atoms with Crippen molar-refractivity contribution < 1.29 is 19.2 Å². The minimum atomic E-state index is -1.25. The molecule has 8 heteroatoms. The Kier molecular flexibility index (Phi) is 4.30. The fourth-order valence-corrected chi connectivity index (χ4v) is 2.13.